The van der Waals surface area contributed by atoms with E-state index in [0.29, 0.717) is 53.6 Å². The summed E-state index contributed by atoms with van der Waals surface area (Å²) in [6, 6.07) is 31.4. The Hall–Kier alpha value is -4.86. The molecule has 45 heavy (non-hydrogen) atoms. The summed E-state index contributed by atoms with van der Waals surface area (Å²) in [6.45, 7) is 0.876. The van der Waals surface area contributed by atoms with Crippen LogP contribution in [0.4, 0.5) is 5.69 Å². The van der Waals surface area contributed by atoms with Crippen LogP contribution in [0.15, 0.2) is 113 Å². The third kappa shape index (κ3) is 7.81. The number of carbonyl (C=O) groups excluding carboxylic acids is 1. The summed E-state index contributed by atoms with van der Waals surface area (Å²) in [5.41, 5.74) is 17.2. The van der Waals surface area contributed by atoms with Gasteiger partial charge in [0.2, 0.25) is 5.90 Å². The zero-order valence-electron chi connectivity index (χ0n) is 24.5. The molecule has 0 fully saturated rings. The van der Waals surface area contributed by atoms with E-state index in [2.05, 4.69) is 20.9 Å². The van der Waals surface area contributed by atoms with Gasteiger partial charge >= 0.3 is 0 Å². The number of benzene rings is 4. The van der Waals surface area contributed by atoms with E-state index >= 15 is 0 Å². The summed E-state index contributed by atoms with van der Waals surface area (Å²) < 4.78 is 12.2. The third-order valence-electron chi connectivity index (χ3n) is 7.35. The quantitative estimate of drug-likeness (QED) is 0.0489. The van der Waals surface area contributed by atoms with Gasteiger partial charge in [0.25, 0.3) is 5.91 Å². The van der Waals surface area contributed by atoms with Crippen molar-refractivity contribution in [2.75, 3.05) is 19.8 Å². The fraction of sp³-hybridized carbons (Fsp3) is 0.235. The van der Waals surface area contributed by atoms with Crippen LogP contribution < -0.4 is 15.6 Å². The van der Waals surface area contributed by atoms with Gasteiger partial charge in [-0.2, -0.15) is 0 Å². The average Bonchev–Trinajstić information content (AvgIpc) is 3.44. The smallest absolute Gasteiger partial charge is 0.266 e. The number of nitrogens with one attached hydrogen (secondary N) is 2. The minimum absolute atomic E-state index is 0.0441. The molecule has 0 radical (unpaired) electrons. The zero-order valence-corrected chi connectivity index (χ0v) is 25.2. The van der Waals surface area contributed by atoms with E-state index in [1.54, 1.807) is 36.4 Å². The van der Waals surface area contributed by atoms with E-state index < -0.39 is 17.6 Å². The largest absolute Gasteiger partial charge is 0.494 e. The lowest BCUT2D eigenvalue weighted by Gasteiger charge is -2.31. The van der Waals surface area contributed by atoms with Crippen molar-refractivity contribution in [2.45, 2.75) is 30.9 Å². The standard InChI is InChI=1S/C34H33ClN6O4/c35-27-11-6-10-24(22-27)18-19-37-40-33(43)34(23-25-8-2-1-3-9-25)31(29-12-4-5-13-30(29)39-41-36)45-32(38-34)26-14-16-28(17-15-26)44-21-7-20-42/h1-6,8-17,22,31,37,42H,7,18-21,23H2,(H,40,43)/t31-,34-/m0/s1. The number of amides is 1. The highest BCUT2D eigenvalue weighted by molar-refractivity contribution is 6.30. The van der Waals surface area contributed by atoms with Crippen molar-refractivity contribution in [1.29, 1.82) is 0 Å². The fourth-order valence-corrected chi connectivity index (χ4v) is 5.38. The molecule has 0 bridgehead atoms. The molecule has 4 aromatic rings. The number of halogens is 1. The number of nitrogens with zero attached hydrogens (tertiary/aromatic N) is 4. The predicted octanol–water partition coefficient (Wildman–Crippen LogP) is 6.41. The Balaban J connectivity index is 1.51. The minimum Gasteiger partial charge on any atom is -0.494 e. The molecule has 0 unspecified atom stereocenters. The van der Waals surface area contributed by atoms with Crippen LogP contribution in [0.5, 0.6) is 5.75 Å². The van der Waals surface area contributed by atoms with Crippen molar-refractivity contribution < 1.29 is 19.4 Å². The molecule has 5 rings (SSSR count). The van der Waals surface area contributed by atoms with Gasteiger partial charge in [0.1, 0.15) is 5.75 Å². The van der Waals surface area contributed by atoms with Crippen LogP contribution >= 0.6 is 11.6 Å². The van der Waals surface area contributed by atoms with Gasteiger partial charge in [-0.05, 0) is 59.5 Å². The molecule has 2 atom stereocenters. The summed E-state index contributed by atoms with van der Waals surface area (Å²) in [5.74, 6) is 0.494. The van der Waals surface area contributed by atoms with Crippen LogP contribution in [-0.4, -0.2) is 42.2 Å². The maximum absolute atomic E-state index is 14.3. The highest BCUT2D eigenvalue weighted by atomic mass is 35.5. The van der Waals surface area contributed by atoms with Crippen LogP contribution in [0.1, 0.15) is 34.8 Å². The number of hydrogen-bond acceptors (Lipinski definition) is 7. The summed E-state index contributed by atoms with van der Waals surface area (Å²) in [4.78, 5) is 22.4. The Kier molecular flexibility index (Phi) is 10.7. The van der Waals surface area contributed by atoms with Crippen molar-refractivity contribution in [3.05, 3.63) is 141 Å². The molecule has 0 spiro atoms. The molecular weight excluding hydrogens is 592 g/mol. The Bertz CT molecular complexity index is 1680. The van der Waals surface area contributed by atoms with Gasteiger partial charge in [-0.25, -0.2) is 10.4 Å². The number of aliphatic hydroxyl groups excluding tert-OH is 1. The van der Waals surface area contributed by atoms with Crippen LogP contribution in [0, 0.1) is 0 Å². The first-order valence-corrected chi connectivity index (χ1v) is 15.0. The van der Waals surface area contributed by atoms with Crippen LogP contribution in [0.25, 0.3) is 10.4 Å². The number of rotatable bonds is 14. The van der Waals surface area contributed by atoms with Gasteiger partial charge in [-0.1, -0.05) is 83.4 Å². The molecule has 1 heterocycles. The van der Waals surface area contributed by atoms with E-state index in [1.165, 1.54) is 0 Å². The molecule has 0 aromatic heterocycles. The maximum atomic E-state index is 14.3. The molecule has 230 valence electrons. The number of ether oxygens (including phenoxy) is 2. The average molecular weight is 625 g/mol. The van der Waals surface area contributed by atoms with Crippen molar-refractivity contribution in [3.8, 4) is 5.75 Å². The van der Waals surface area contributed by atoms with Crippen molar-refractivity contribution in [1.82, 2.24) is 10.9 Å². The molecule has 1 amide bonds. The fourth-order valence-electron chi connectivity index (χ4n) is 5.17. The summed E-state index contributed by atoms with van der Waals surface area (Å²) in [7, 11) is 0. The van der Waals surface area contributed by atoms with E-state index in [-0.39, 0.29) is 18.9 Å². The van der Waals surface area contributed by atoms with E-state index in [9.17, 15) is 10.3 Å². The third-order valence-corrected chi connectivity index (χ3v) is 7.58. The van der Waals surface area contributed by atoms with Gasteiger partial charge < -0.3 is 14.6 Å². The number of aliphatic hydroxyl groups is 1. The van der Waals surface area contributed by atoms with Crippen molar-refractivity contribution >= 4 is 29.1 Å². The number of carbonyl (C=O) groups is 1. The second kappa shape index (κ2) is 15.2. The zero-order chi connectivity index (χ0) is 31.5. The van der Waals surface area contributed by atoms with Gasteiger partial charge in [0, 0.05) is 52.7 Å². The van der Waals surface area contributed by atoms with Gasteiger partial charge in [0.05, 0.1) is 6.61 Å². The summed E-state index contributed by atoms with van der Waals surface area (Å²) in [6.07, 6.45) is 0.433. The number of hydrazine groups is 1. The molecule has 3 N–H and O–H groups in total. The lowest BCUT2D eigenvalue weighted by Crippen LogP contribution is -2.54. The molecule has 4 aromatic carbocycles. The molecule has 0 saturated carbocycles. The molecule has 0 aliphatic carbocycles. The van der Waals surface area contributed by atoms with E-state index in [1.807, 2.05) is 66.7 Å². The molecule has 0 saturated heterocycles. The second-order valence-electron chi connectivity index (χ2n) is 10.5. The lowest BCUT2D eigenvalue weighted by molar-refractivity contribution is -0.130. The first-order chi connectivity index (χ1) is 22.0. The van der Waals surface area contributed by atoms with Crippen LogP contribution in [0.2, 0.25) is 5.02 Å². The first kappa shape index (κ1) is 31.6. The van der Waals surface area contributed by atoms with Crippen LogP contribution in [-0.2, 0) is 22.4 Å². The topological polar surface area (TPSA) is 141 Å². The van der Waals surface area contributed by atoms with Crippen molar-refractivity contribution in [2.24, 2.45) is 10.1 Å². The maximum Gasteiger partial charge on any atom is 0.266 e. The normalized spacial score (nSPS) is 17.1. The monoisotopic (exact) mass is 624 g/mol. The number of azide groups is 1. The second-order valence-corrected chi connectivity index (χ2v) is 10.9. The Labute approximate surface area is 266 Å². The Morgan fingerprint density at radius 2 is 1.78 bits per heavy atom. The number of aliphatic imine (C=N–C) groups is 1. The van der Waals surface area contributed by atoms with E-state index in [0.717, 1.165) is 11.1 Å². The minimum atomic E-state index is -1.48. The Morgan fingerprint density at radius 3 is 2.53 bits per heavy atom. The number of hydrogen-bond donors (Lipinski definition) is 3. The molecular formula is C34H33ClN6O4. The summed E-state index contributed by atoms with van der Waals surface area (Å²) in [5, 5.41) is 13.6. The molecule has 1 aliphatic rings. The highest BCUT2D eigenvalue weighted by Gasteiger charge is 2.54. The predicted molar refractivity (Wildman–Crippen MR) is 173 cm³/mol. The highest BCUT2D eigenvalue weighted by Crippen LogP contribution is 2.45. The SMILES string of the molecule is [N-]=[N+]=Nc1ccccc1[C@@H]1OC(c2ccc(OCCCO)cc2)=N[C@]1(Cc1ccccc1)C(=O)NNCCc1cccc(Cl)c1. The lowest BCUT2D eigenvalue weighted by atomic mass is 9.81. The Morgan fingerprint density at radius 1 is 1.02 bits per heavy atom. The molecule has 10 nitrogen and oxygen atoms in total. The van der Waals surface area contributed by atoms with Gasteiger partial charge in [0.15, 0.2) is 11.6 Å². The van der Waals surface area contributed by atoms with Gasteiger partial charge in [-0.15, -0.1) is 0 Å². The molecule has 1 aliphatic heterocycles. The summed E-state index contributed by atoms with van der Waals surface area (Å²) >= 11 is 6.14. The van der Waals surface area contributed by atoms with E-state index in [4.69, 9.17) is 31.2 Å². The van der Waals surface area contributed by atoms with Crippen LogP contribution in [0.3, 0.4) is 0 Å². The molecule has 11 heteroatoms. The van der Waals surface area contributed by atoms with Gasteiger partial charge in [-0.3, -0.25) is 10.2 Å². The van der Waals surface area contributed by atoms with Crippen molar-refractivity contribution in [3.63, 3.8) is 0 Å². The first-order valence-electron chi connectivity index (χ1n) is 14.6.